The van der Waals surface area contributed by atoms with E-state index in [0.29, 0.717) is 12.2 Å². The van der Waals surface area contributed by atoms with Crippen LogP contribution in [-0.4, -0.2) is 46.4 Å². The summed E-state index contributed by atoms with van der Waals surface area (Å²) in [6, 6.07) is 4.52. The smallest absolute Gasteiger partial charge is 0.411 e. The Balaban J connectivity index is 2.03. The molecule has 0 saturated carbocycles. The Morgan fingerprint density at radius 3 is 2.42 bits per heavy atom. The average Bonchev–Trinajstić information content (AvgIpc) is 2.47. The van der Waals surface area contributed by atoms with Gasteiger partial charge < -0.3 is 14.6 Å². The van der Waals surface area contributed by atoms with Gasteiger partial charge in [-0.2, -0.15) is 0 Å². The Labute approximate surface area is 140 Å². The number of nitrogens with zero attached hydrogens (tertiary/aromatic N) is 1. The van der Waals surface area contributed by atoms with E-state index < -0.39 is 23.7 Å². The highest BCUT2D eigenvalue weighted by Gasteiger charge is 2.39. The van der Waals surface area contributed by atoms with Crippen molar-refractivity contribution in [2.45, 2.75) is 51.4 Å². The second kappa shape index (κ2) is 7.07. The molecule has 24 heavy (non-hydrogen) atoms. The van der Waals surface area contributed by atoms with E-state index >= 15 is 0 Å². The lowest BCUT2D eigenvalue weighted by Crippen LogP contribution is -2.53. The molecule has 1 unspecified atom stereocenters. The number of piperidine rings is 1. The van der Waals surface area contributed by atoms with Crippen LogP contribution in [0, 0.1) is 5.82 Å². The first-order valence-corrected chi connectivity index (χ1v) is 7.80. The summed E-state index contributed by atoms with van der Waals surface area (Å²) in [6.07, 6.45) is -0.391. The number of carboxylic acid groups (broad SMARTS) is 1. The van der Waals surface area contributed by atoms with Crippen LogP contribution in [0.15, 0.2) is 24.3 Å². The highest BCUT2D eigenvalue weighted by atomic mass is 19.1. The Morgan fingerprint density at radius 2 is 1.88 bits per heavy atom. The number of carbonyl (C=O) groups is 2. The molecule has 1 aromatic carbocycles. The SMILES string of the molecule is CC(C)(C)OC(=O)N1CCC(Oc2ccc(F)cc2)C[C@@H]1C(=O)O. The van der Waals surface area contributed by atoms with E-state index in [0.717, 1.165) is 0 Å². The van der Waals surface area contributed by atoms with Gasteiger partial charge in [-0.1, -0.05) is 0 Å². The Kier molecular flexibility index (Phi) is 5.31. The van der Waals surface area contributed by atoms with Crippen molar-refractivity contribution in [3.8, 4) is 5.75 Å². The van der Waals surface area contributed by atoms with Crippen molar-refractivity contribution in [2.24, 2.45) is 0 Å². The molecular weight excluding hydrogens is 317 g/mol. The Hall–Kier alpha value is -2.31. The quantitative estimate of drug-likeness (QED) is 0.916. The van der Waals surface area contributed by atoms with E-state index in [1.165, 1.54) is 29.2 Å². The van der Waals surface area contributed by atoms with E-state index in [9.17, 15) is 19.1 Å². The minimum absolute atomic E-state index is 0.145. The van der Waals surface area contributed by atoms with Gasteiger partial charge in [0, 0.05) is 19.4 Å². The van der Waals surface area contributed by atoms with Crippen LogP contribution < -0.4 is 4.74 Å². The van der Waals surface area contributed by atoms with E-state index in [2.05, 4.69) is 0 Å². The first-order chi connectivity index (χ1) is 11.2. The number of hydrogen-bond donors (Lipinski definition) is 1. The summed E-state index contributed by atoms with van der Waals surface area (Å²) < 4.78 is 23.9. The van der Waals surface area contributed by atoms with Crippen molar-refractivity contribution < 1.29 is 28.6 Å². The number of carbonyl (C=O) groups excluding carboxylic acids is 1. The lowest BCUT2D eigenvalue weighted by molar-refractivity contribution is -0.145. The molecule has 1 saturated heterocycles. The summed E-state index contributed by atoms with van der Waals surface area (Å²) >= 11 is 0. The van der Waals surface area contributed by atoms with Gasteiger partial charge in [0.15, 0.2) is 0 Å². The molecule has 2 atom stereocenters. The van der Waals surface area contributed by atoms with Crippen LogP contribution in [0.5, 0.6) is 5.75 Å². The zero-order chi connectivity index (χ0) is 17.9. The molecule has 0 bridgehead atoms. The first kappa shape index (κ1) is 18.0. The molecule has 1 heterocycles. The molecule has 1 aromatic rings. The molecule has 6 nitrogen and oxygen atoms in total. The standard InChI is InChI=1S/C17H22FNO5/c1-17(2,3)24-16(22)19-9-8-13(10-14(19)15(20)21)23-12-6-4-11(18)5-7-12/h4-7,13-14H,8-10H2,1-3H3,(H,20,21)/t13?,14-/m1/s1. The Morgan fingerprint density at radius 1 is 1.25 bits per heavy atom. The van der Waals surface area contributed by atoms with Crippen LogP contribution in [0.25, 0.3) is 0 Å². The summed E-state index contributed by atoms with van der Waals surface area (Å²) in [5, 5.41) is 9.42. The van der Waals surface area contributed by atoms with Gasteiger partial charge in [0.1, 0.15) is 29.3 Å². The van der Waals surface area contributed by atoms with Gasteiger partial charge in [-0.05, 0) is 45.0 Å². The van der Waals surface area contributed by atoms with Crippen LogP contribution in [0.1, 0.15) is 33.6 Å². The molecule has 1 aliphatic heterocycles. The Bertz CT molecular complexity index is 596. The zero-order valence-corrected chi connectivity index (χ0v) is 14.0. The van der Waals surface area contributed by atoms with E-state index in [-0.39, 0.29) is 24.9 Å². The molecule has 2 rings (SSSR count). The maximum Gasteiger partial charge on any atom is 0.411 e. The number of aliphatic carboxylic acids is 1. The van der Waals surface area contributed by atoms with Gasteiger partial charge in [0.2, 0.25) is 0 Å². The third-order valence-electron chi connectivity index (χ3n) is 3.58. The fourth-order valence-electron chi connectivity index (χ4n) is 2.52. The molecule has 1 N–H and O–H groups in total. The van der Waals surface area contributed by atoms with Crippen molar-refractivity contribution in [3.63, 3.8) is 0 Å². The number of halogens is 1. The lowest BCUT2D eigenvalue weighted by atomic mass is 9.99. The second-order valence-electron chi connectivity index (χ2n) is 6.75. The molecule has 7 heteroatoms. The number of carboxylic acids is 1. The van der Waals surface area contributed by atoms with Crippen molar-refractivity contribution in [3.05, 3.63) is 30.1 Å². The number of ether oxygens (including phenoxy) is 2. The van der Waals surface area contributed by atoms with Gasteiger partial charge in [-0.15, -0.1) is 0 Å². The number of rotatable bonds is 3. The lowest BCUT2D eigenvalue weighted by Gasteiger charge is -2.37. The summed E-state index contributed by atoms with van der Waals surface area (Å²) in [6.45, 7) is 5.40. The zero-order valence-electron chi connectivity index (χ0n) is 14.0. The fraction of sp³-hybridized carbons (Fsp3) is 0.529. The summed E-state index contributed by atoms with van der Waals surface area (Å²) in [4.78, 5) is 24.9. The number of amides is 1. The third-order valence-corrected chi connectivity index (χ3v) is 3.58. The highest BCUT2D eigenvalue weighted by molar-refractivity contribution is 5.80. The summed E-state index contributed by atoms with van der Waals surface area (Å²) in [5.74, 6) is -1.00. The van der Waals surface area contributed by atoms with E-state index in [1.54, 1.807) is 20.8 Å². The van der Waals surface area contributed by atoms with E-state index in [4.69, 9.17) is 9.47 Å². The van der Waals surface area contributed by atoms with Crippen LogP contribution in [0.4, 0.5) is 9.18 Å². The fourth-order valence-corrected chi connectivity index (χ4v) is 2.52. The van der Waals surface area contributed by atoms with Crippen LogP contribution in [0.2, 0.25) is 0 Å². The third kappa shape index (κ3) is 4.84. The largest absolute Gasteiger partial charge is 0.490 e. The highest BCUT2D eigenvalue weighted by Crippen LogP contribution is 2.25. The van der Waals surface area contributed by atoms with Gasteiger partial charge in [-0.3, -0.25) is 4.90 Å². The summed E-state index contributed by atoms with van der Waals surface area (Å²) in [7, 11) is 0. The number of likely N-dealkylation sites (tertiary alicyclic amines) is 1. The van der Waals surface area contributed by atoms with Crippen molar-refractivity contribution in [1.82, 2.24) is 4.90 Å². The monoisotopic (exact) mass is 339 g/mol. The molecule has 1 fully saturated rings. The van der Waals surface area contributed by atoms with Crippen molar-refractivity contribution in [2.75, 3.05) is 6.54 Å². The van der Waals surface area contributed by atoms with Crippen LogP contribution in [0.3, 0.4) is 0 Å². The second-order valence-corrected chi connectivity index (χ2v) is 6.75. The van der Waals surface area contributed by atoms with Crippen molar-refractivity contribution >= 4 is 12.1 Å². The number of benzene rings is 1. The molecule has 1 amide bonds. The van der Waals surface area contributed by atoms with Gasteiger partial charge in [-0.25, -0.2) is 14.0 Å². The molecular formula is C17H22FNO5. The number of hydrogen-bond acceptors (Lipinski definition) is 4. The normalized spacial score (nSPS) is 21.2. The topological polar surface area (TPSA) is 76.1 Å². The molecule has 132 valence electrons. The van der Waals surface area contributed by atoms with Gasteiger partial charge >= 0.3 is 12.1 Å². The average molecular weight is 339 g/mol. The van der Waals surface area contributed by atoms with Crippen molar-refractivity contribution in [1.29, 1.82) is 0 Å². The summed E-state index contributed by atoms with van der Waals surface area (Å²) in [5.41, 5.74) is -0.693. The molecule has 1 aliphatic rings. The molecule has 0 aromatic heterocycles. The minimum atomic E-state index is -1.10. The molecule has 0 radical (unpaired) electrons. The maximum absolute atomic E-state index is 12.9. The first-order valence-electron chi connectivity index (χ1n) is 7.80. The van der Waals surface area contributed by atoms with Crippen LogP contribution >= 0.6 is 0 Å². The van der Waals surface area contributed by atoms with E-state index in [1.807, 2.05) is 0 Å². The predicted octanol–water partition coefficient (Wildman–Crippen LogP) is 3.06. The molecule has 0 spiro atoms. The predicted molar refractivity (Wildman–Crippen MR) is 84.4 cm³/mol. The van der Waals surface area contributed by atoms with Crippen LogP contribution in [-0.2, 0) is 9.53 Å². The van der Waals surface area contributed by atoms with Gasteiger partial charge in [0.25, 0.3) is 0 Å². The molecule has 0 aliphatic carbocycles. The van der Waals surface area contributed by atoms with Gasteiger partial charge in [0.05, 0.1) is 0 Å². The minimum Gasteiger partial charge on any atom is -0.490 e. The maximum atomic E-state index is 12.9.